The van der Waals surface area contributed by atoms with Crippen LogP contribution in [-0.2, 0) is 6.42 Å². The van der Waals surface area contributed by atoms with Gasteiger partial charge in [-0.3, -0.25) is 50.1 Å². The Morgan fingerprint density at radius 2 is 0.941 bits per heavy atom. The van der Waals surface area contributed by atoms with Crippen molar-refractivity contribution in [3.05, 3.63) is 246 Å². The highest BCUT2D eigenvalue weighted by molar-refractivity contribution is 6.40. The Balaban J connectivity index is 0.000000174. The third-order valence-corrected chi connectivity index (χ3v) is 10.1. The van der Waals surface area contributed by atoms with Gasteiger partial charge in [-0.1, -0.05) is 91.0 Å². The van der Waals surface area contributed by atoms with Crippen molar-refractivity contribution in [1.82, 2.24) is 15.0 Å². The number of fused-ring (bicyclic) bond motifs is 3. The molecule has 0 bridgehead atoms. The van der Waals surface area contributed by atoms with Crippen molar-refractivity contribution in [2.24, 2.45) is 0 Å². The molecule has 1 atom stereocenters. The molecule has 3 aromatic heterocycles. The Morgan fingerprint density at radius 3 is 1.41 bits per heavy atom. The third-order valence-electron chi connectivity index (χ3n) is 10.1. The topological polar surface area (TPSA) is 205 Å². The molecule has 1 N–H and O–H groups in total. The predicted molar refractivity (Wildman–Crippen MR) is 269 cm³/mol. The van der Waals surface area contributed by atoms with Crippen LogP contribution in [0.4, 0.5) is 17.1 Å². The van der Waals surface area contributed by atoms with E-state index in [4.69, 9.17) is 23.2 Å². The van der Waals surface area contributed by atoms with Gasteiger partial charge in [0.25, 0.3) is 17.1 Å². The number of halogens is 2. The van der Waals surface area contributed by atoms with Crippen LogP contribution in [-0.4, -0.2) is 46.5 Å². The number of nitrogens with zero attached hydrogens (tertiary/aromatic N) is 6. The van der Waals surface area contributed by atoms with E-state index in [1.54, 1.807) is 117 Å². The molecule has 0 spiro atoms. The average Bonchev–Trinajstić information content (AvgIpc) is 3.36. The number of carbonyl (C=O) groups excluding carboxylic acids is 1. The maximum atomic E-state index is 11.5. The van der Waals surface area contributed by atoms with Crippen LogP contribution in [0.2, 0.25) is 0 Å². The zero-order chi connectivity index (χ0) is 48.8. The number of aldehydes is 1. The number of aromatic nitrogens is 3. The van der Waals surface area contributed by atoms with E-state index in [1.807, 2.05) is 84.9 Å². The van der Waals surface area contributed by atoms with Crippen molar-refractivity contribution >= 4 is 91.0 Å². The number of nitro groups is 3. The highest BCUT2D eigenvalue weighted by Gasteiger charge is 2.21. The molecule has 0 aliphatic heterocycles. The lowest BCUT2D eigenvalue weighted by Crippen LogP contribution is -2.05. The Labute approximate surface area is 400 Å². The van der Waals surface area contributed by atoms with Crippen LogP contribution in [0.15, 0.2) is 183 Å². The summed E-state index contributed by atoms with van der Waals surface area (Å²) < 4.78 is 0. The number of aliphatic hydroxyl groups is 1. The minimum absolute atomic E-state index is 0.0613. The fourth-order valence-corrected chi connectivity index (χ4v) is 6.91. The Hall–Kier alpha value is -8.30. The Morgan fingerprint density at radius 1 is 0.529 bits per heavy atom. The number of pyridine rings is 3. The molecule has 1 unspecified atom stereocenters. The normalized spacial score (nSPS) is 10.8. The van der Waals surface area contributed by atoms with Crippen molar-refractivity contribution in [1.29, 1.82) is 0 Å². The maximum absolute atomic E-state index is 11.5. The molecule has 0 amide bonds. The van der Waals surface area contributed by atoms with E-state index in [2.05, 4.69) is 15.0 Å². The standard InChI is InChI=1S/C17H14N2O3.C17H12N2O2.C11H9NO2.C6H5NO.CH2Cl2/c20-16(13-7-9-18-10-8-13)11-14-6-5-12-3-1-2-4-15(12)17(14)19(21)22;20-19(21)17-15(6-5-13-9-11-18-12-10-13)8-7-14-3-1-2-4-16(14)17;1-8-6-7-9-4-2-3-5-10(9)11(8)12(13)14;8-5-6-1-3-7-4-2-6;2-1-3/h1-10,16,20H,11H2;1-12H;2-7H,1H3;1-5H;1H2/b;6-5+;;;. The molecule has 342 valence electrons. The number of aliphatic hydroxyl groups excluding tert-OH is 1. The van der Waals surface area contributed by atoms with Crippen molar-refractivity contribution < 1.29 is 24.7 Å². The lowest BCUT2D eigenvalue weighted by atomic mass is 9.97. The number of rotatable bonds is 9. The van der Waals surface area contributed by atoms with Crippen LogP contribution >= 0.6 is 23.2 Å². The van der Waals surface area contributed by atoms with Crippen molar-refractivity contribution in [2.45, 2.75) is 19.4 Å². The van der Waals surface area contributed by atoms with E-state index >= 15 is 0 Å². The lowest BCUT2D eigenvalue weighted by Gasteiger charge is -2.12. The zero-order valence-corrected chi connectivity index (χ0v) is 37.8. The first-order valence-corrected chi connectivity index (χ1v) is 21.6. The monoisotopic (exact) mass is 948 g/mol. The molecule has 0 radical (unpaired) electrons. The quantitative estimate of drug-likeness (QED) is 0.0623. The molecule has 68 heavy (non-hydrogen) atoms. The van der Waals surface area contributed by atoms with Crippen LogP contribution in [0.1, 0.15) is 44.3 Å². The minimum atomic E-state index is -0.803. The van der Waals surface area contributed by atoms with Gasteiger partial charge in [0.2, 0.25) is 0 Å². The summed E-state index contributed by atoms with van der Waals surface area (Å²) in [7, 11) is 0. The van der Waals surface area contributed by atoms with Crippen LogP contribution in [0.3, 0.4) is 0 Å². The molecule has 16 heteroatoms. The number of nitro benzene ring substituents is 3. The predicted octanol–water partition coefficient (Wildman–Crippen LogP) is 13.1. The largest absolute Gasteiger partial charge is 0.388 e. The molecule has 9 aromatic rings. The second-order valence-electron chi connectivity index (χ2n) is 14.4. The first kappa shape index (κ1) is 50.7. The number of hydrogen-bond donors (Lipinski definition) is 1. The summed E-state index contributed by atoms with van der Waals surface area (Å²) >= 11 is 9.53. The van der Waals surface area contributed by atoms with Crippen LogP contribution in [0.25, 0.3) is 44.5 Å². The van der Waals surface area contributed by atoms with Gasteiger partial charge in [0.1, 0.15) is 6.29 Å². The molecule has 0 aliphatic rings. The molecular formula is C52H42Cl2N6O8. The van der Waals surface area contributed by atoms with E-state index in [-0.39, 0.29) is 43.6 Å². The summed E-state index contributed by atoms with van der Waals surface area (Å²) in [5.74, 6) is 0. The first-order chi connectivity index (χ1) is 33.0. The molecule has 3 heterocycles. The number of hydrogen-bond acceptors (Lipinski definition) is 11. The number of aryl methyl sites for hydroxylation is 1. The second kappa shape index (κ2) is 26.0. The fourth-order valence-electron chi connectivity index (χ4n) is 6.91. The van der Waals surface area contributed by atoms with E-state index in [0.29, 0.717) is 44.0 Å². The highest BCUT2D eigenvalue weighted by Crippen LogP contribution is 2.33. The lowest BCUT2D eigenvalue weighted by molar-refractivity contribution is -0.383. The van der Waals surface area contributed by atoms with Crippen molar-refractivity contribution in [2.75, 3.05) is 5.34 Å². The molecule has 0 aliphatic carbocycles. The molecular weight excluding hydrogens is 908 g/mol. The van der Waals surface area contributed by atoms with Crippen molar-refractivity contribution in [3.63, 3.8) is 0 Å². The van der Waals surface area contributed by atoms with Gasteiger partial charge < -0.3 is 5.11 Å². The summed E-state index contributed by atoms with van der Waals surface area (Å²) in [4.78, 5) is 54.3. The smallest absolute Gasteiger partial charge is 0.284 e. The maximum Gasteiger partial charge on any atom is 0.284 e. The van der Waals surface area contributed by atoms with Gasteiger partial charge in [-0.15, -0.1) is 23.2 Å². The molecule has 0 saturated carbocycles. The van der Waals surface area contributed by atoms with E-state index in [9.17, 15) is 40.2 Å². The van der Waals surface area contributed by atoms with Gasteiger partial charge in [-0.25, -0.2) is 0 Å². The van der Waals surface area contributed by atoms with E-state index in [1.165, 1.54) is 0 Å². The number of benzene rings is 6. The van der Waals surface area contributed by atoms with Gasteiger partial charge in [0.05, 0.1) is 47.9 Å². The summed E-state index contributed by atoms with van der Waals surface area (Å²) in [6.07, 6.45) is 13.5. The van der Waals surface area contributed by atoms with Gasteiger partial charge in [-0.2, -0.15) is 0 Å². The second-order valence-corrected chi connectivity index (χ2v) is 15.2. The summed E-state index contributed by atoms with van der Waals surface area (Å²) in [6.45, 7) is 1.75. The molecule has 0 fully saturated rings. The number of carbonyl (C=O) groups is 1. The Bertz CT molecular complexity index is 3150. The summed E-state index contributed by atoms with van der Waals surface area (Å²) in [5.41, 5.74) is 4.54. The van der Waals surface area contributed by atoms with Gasteiger partial charge >= 0.3 is 0 Å². The van der Waals surface area contributed by atoms with Crippen LogP contribution < -0.4 is 0 Å². The van der Waals surface area contributed by atoms with Crippen molar-refractivity contribution in [3.8, 4) is 0 Å². The first-order valence-electron chi connectivity index (χ1n) is 20.5. The SMILES string of the molecule is Cc1ccc2ccccc2c1[N+](=O)[O-].ClCCl.O=Cc1ccncc1.O=[N+]([O-])c1c(/C=C/c2ccncc2)ccc2ccccc12.O=[N+]([O-])c1c(CC(O)c2ccncc2)ccc2ccccc12. The molecule has 0 saturated heterocycles. The minimum Gasteiger partial charge on any atom is -0.388 e. The fraction of sp³-hybridized carbons (Fsp3) is 0.0769. The van der Waals surface area contributed by atoms with Crippen LogP contribution in [0, 0.1) is 37.3 Å². The zero-order valence-electron chi connectivity index (χ0n) is 36.3. The molecule has 6 aromatic carbocycles. The number of alkyl halides is 2. The highest BCUT2D eigenvalue weighted by atomic mass is 35.5. The van der Waals surface area contributed by atoms with E-state index in [0.717, 1.165) is 28.0 Å². The third kappa shape index (κ3) is 14.1. The molecule has 9 rings (SSSR count). The van der Waals surface area contributed by atoms with Gasteiger partial charge in [0.15, 0.2) is 0 Å². The molecule has 14 nitrogen and oxygen atoms in total. The average molecular weight is 950 g/mol. The Kier molecular flexibility index (Phi) is 19.4. The summed E-state index contributed by atoms with van der Waals surface area (Å²) in [5, 5.41) is 48.8. The van der Waals surface area contributed by atoms with Gasteiger partial charge in [0, 0.05) is 60.3 Å². The summed E-state index contributed by atoms with van der Waals surface area (Å²) in [6, 6.07) is 43.2. The van der Waals surface area contributed by atoms with E-state index < -0.39 is 6.10 Å². The van der Waals surface area contributed by atoms with Crippen LogP contribution in [0.5, 0.6) is 0 Å². The van der Waals surface area contributed by atoms with Gasteiger partial charge in [-0.05, 0) is 101 Å².